The minimum Gasteiger partial charge on any atom is -0.497 e. The number of halogens is 3. The summed E-state index contributed by atoms with van der Waals surface area (Å²) in [7, 11) is 1.55. The summed E-state index contributed by atoms with van der Waals surface area (Å²) in [6.45, 7) is 1.59. The number of hydrogen-bond acceptors (Lipinski definition) is 4. The van der Waals surface area contributed by atoms with E-state index in [1.54, 1.807) is 38.3 Å². The highest BCUT2D eigenvalue weighted by Crippen LogP contribution is 2.30. The molecule has 0 bridgehead atoms. The van der Waals surface area contributed by atoms with E-state index in [1.807, 2.05) is 0 Å². The van der Waals surface area contributed by atoms with Crippen LogP contribution in [0.25, 0.3) is 0 Å². The molecule has 2 rings (SSSR count). The molecule has 24 heavy (non-hydrogen) atoms. The molecule has 2 aromatic carbocycles. The molecule has 4 nitrogen and oxygen atoms in total. The van der Waals surface area contributed by atoms with Gasteiger partial charge in [-0.05, 0) is 55.5 Å². The van der Waals surface area contributed by atoms with Crippen molar-refractivity contribution in [1.29, 1.82) is 0 Å². The molecule has 0 heterocycles. The minimum absolute atomic E-state index is 0.0522. The molecule has 0 spiro atoms. The van der Waals surface area contributed by atoms with Crippen LogP contribution in [0.5, 0.6) is 11.5 Å². The van der Waals surface area contributed by atoms with Crippen molar-refractivity contribution >= 4 is 11.7 Å². The molecule has 7 heteroatoms. The van der Waals surface area contributed by atoms with E-state index >= 15 is 0 Å². The Morgan fingerprint density at radius 3 is 2.04 bits per heavy atom. The van der Waals surface area contributed by atoms with Crippen LogP contribution in [0.3, 0.4) is 0 Å². The van der Waals surface area contributed by atoms with Crippen LogP contribution in [0.4, 0.5) is 18.9 Å². The van der Waals surface area contributed by atoms with Gasteiger partial charge in [0.2, 0.25) is 0 Å². The molecule has 0 saturated heterocycles. The third-order valence-electron chi connectivity index (χ3n) is 3.23. The first kappa shape index (κ1) is 17.7. The van der Waals surface area contributed by atoms with Crippen molar-refractivity contribution in [3.8, 4) is 11.5 Å². The molecule has 1 atom stereocenters. The molecule has 0 amide bonds. The smallest absolute Gasteiger partial charge is 0.416 e. The highest BCUT2D eigenvalue weighted by atomic mass is 19.4. The molecule has 128 valence electrons. The van der Waals surface area contributed by atoms with Gasteiger partial charge in [0.15, 0.2) is 0 Å². The van der Waals surface area contributed by atoms with E-state index in [0.717, 1.165) is 24.3 Å². The van der Waals surface area contributed by atoms with Gasteiger partial charge >= 0.3 is 12.1 Å². The van der Waals surface area contributed by atoms with Crippen LogP contribution < -0.4 is 14.8 Å². The van der Waals surface area contributed by atoms with Gasteiger partial charge in [0, 0.05) is 5.69 Å². The van der Waals surface area contributed by atoms with Gasteiger partial charge in [0.05, 0.1) is 12.7 Å². The second-order valence-corrected chi connectivity index (χ2v) is 5.04. The van der Waals surface area contributed by atoms with Crippen LogP contribution in [0.2, 0.25) is 0 Å². The van der Waals surface area contributed by atoms with Crippen LogP contribution in [0.1, 0.15) is 12.5 Å². The summed E-state index contributed by atoms with van der Waals surface area (Å²) in [4.78, 5) is 12.0. The lowest BCUT2D eigenvalue weighted by atomic mass is 10.2. The number of ether oxygens (including phenoxy) is 2. The first-order valence-corrected chi connectivity index (χ1v) is 7.09. The van der Waals surface area contributed by atoms with Gasteiger partial charge in [-0.15, -0.1) is 0 Å². The van der Waals surface area contributed by atoms with E-state index in [4.69, 9.17) is 9.47 Å². The van der Waals surface area contributed by atoms with E-state index in [1.165, 1.54) is 0 Å². The van der Waals surface area contributed by atoms with Crippen molar-refractivity contribution < 1.29 is 27.4 Å². The van der Waals surface area contributed by atoms with Crippen LogP contribution in [-0.2, 0) is 11.0 Å². The van der Waals surface area contributed by atoms with Crippen molar-refractivity contribution in [2.75, 3.05) is 12.4 Å². The SMILES string of the molecule is COc1ccc(NC(C)C(=O)Oc2ccc(C(F)(F)F)cc2)cc1. The standard InChI is InChI=1S/C17H16F3NO3/c1-11(21-13-5-9-14(23-2)10-6-13)16(22)24-15-7-3-12(4-8-15)17(18,19)20/h3-11,21H,1-2H3. The molecule has 0 aromatic heterocycles. The molecule has 0 aliphatic carbocycles. The quantitative estimate of drug-likeness (QED) is 0.658. The van der Waals surface area contributed by atoms with Crippen molar-refractivity contribution in [3.63, 3.8) is 0 Å². The molecular weight excluding hydrogens is 323 g/mol. The molecule has 1 unspecified atom stereocenters. The Hall–Kier alpha value is -2.70. The van der Waals surface area contributed by atoms with Gasteiger partial charge < -0.3 is 14.8 Å². The Balaban J connectivity index is 1.95. The fourth-order valence-electron chi connectivity index (χ4n) is 1.91. The second-order valence-electron chi connectivity index (χ2n) is 5.04. The number of hydrogen-bond donors (Lipinski definition) is 1. The highest BCUT2D eigenvalue weighted by molar-refractivity contribution is 5.81. The van der Waals surface area contributed by atoms with E-state index < -0.39 is 23.8 Å². The topological polar surface area (TPSA) is 47.6 Å². The zero-order chi connectivity index (χ0) is 17.7. The zero-order valence-corrected chi connectivity index (χ0v) is 13.1. The minimum atomic E-state index is -4.42. The van der Waals surface area contributed by atoms with Gasteiger partial charge in [-0.25, -0.2) is 4.79 Å². The monoisotopic (exact) mass is 339 g/mol. The predicted octanol–water partition coefficient (Wildman–Crippen LogP) is 4.12. The number of alkyl halides is 3. The van der Waals surface area contributed by atoms with E-state index in [0.29, 0.717) is 11.4 Å². The maximum absolute atomic E-state index is 12.5. The third-order valence-corrected chi connectivity index (χ3v) is 3.23. The maximum Gasteiger partial charge on any atom is 0.416 e. The van der Waals surface area contributed by atoms with E-state index in [9.17, 15) is 18.0 Å². The van der Waals surface area contributed by atoms with E-state index in [-0.39, 0.29) is 5.75 Å². The van der Waals surface area contributed by atoms with Crippen LogP contribution in [-0.4, -0.2) is 19.1 Å². The Labute approximate surface area is 137 Å². The van der Waals surface area contributed by atoms with Crippen LogP contribution in [0.15, 0.2) is 48.5 Å². The van der Waals surface area contributed by atoms with Crippen LogP contribution >= 0.6 is 0 Å². The summed E-state index contributed by atoms with van der Waals surface area (Å²) in [6, 6.07) is 10.2. The Morgan fingerprint density at radius 1 is 1.00 bits per heavy atom. The van der Waals surface area contributed by atoms with Gasteiger partial charge in [-0.3, -0.25) is 0 Å². The second kappa shape index (κ2) is 7.25. The molecule has 0 aliphatic rings. The van der Waals surface area contributed by atoms with Gasteiger partial charge in [0.1, 0.15) is 17.5 Å². The molecule has 1 N–H and O–H groups in total. The van der Waals surface area contributed by atoms with Crippen LogP contribution in [0, 0.1) is 0 Å². The lowest BCUT2D eigenvalue weighted by Crippen LogP contribution is -2.30. The molecule has 0 saturated carbocycles. The lowest BCUT2D eigenvalue weighted by Gasteiger charge is -2.15. The highest BCUT2D eigenvalue weighted by Gasteiger charge is 2.30. The summed E-state index contributed by atoms with van der Waals surface area (Å²) in [6.07, 6.45) is -4.42. The van der Waals surface area contributed by atoms with Crippen molar-refractivity contribution in [3.05, 3.63) is 54.1 Å². The summed E-state index contributed by atoms with van der Waals surface area (Å²) in [5, 5.41) is 2.94. The fourth-order valence-corrected chi connectivity index (χ4v) is 1.91. The van der Waals surface area contributed by atoms with Gasteiger partial charge in [-0.2, -0.15) is 13.2 Å². The first-order valence-electron chi connectivity index (χ1n) is 7.09. The number of methoxy groups -OCH3 is 1. The Bertz CT molecular complexity index is 682. The Morgan fingerprint density at radius 2 is 1.54 bits per heavy atom. The first-order chi connectivity index (χ1) is 11.3. The van der Waals surface area contributed by atoms with Crippen molar-refractivity contribution in [2.24, 2.45) is 0 Å². The number of rotatable bonds is 5. The van der Waals surface area contributed by atoms with E-state index in [2.05, 4.69) is 5.32 Å². The largest absolute Gasteiger partial charge is 0.497 e. The molecule has 0 radical (unpaired) electrons. The Kier molecular flexibility index (Phi) is 5.33. The number of esters is 1. The molecule has 0 fully saturated rings. The normalized spacial score (nSPS) is 12.4. The number of anilines is 1. The summed E-state index contributed by atoms with van der Waals surface area (Å²) < 4.78 is 47.5. The van der Waals surface area contributed by atoms with Crippen molar-refractivity contribution in [1.82, 2.24) is 0 Å². The molecule has 0 aliphatic heterocycles. The average Bonchev–Trinajstić information content (AvgIpc) is 2.55. The number of nitrogens with one attached hydrogen (secondary N) is 1. The number of carbonyl (C=O) groups excluding carboxylic acids is 1. The molecular formula is C17H16F3NO3. The average molecular weight is 339 g/mol. The third kappa shape index (κ3) is 4.65. The maximum atomic E-state index is 12.5. The lowest BCUT2D eigenvalue weighted by molar-refractivity contribution is -0.137. The summed E-state index contributed by atoms with van der Waals surface area (Å²) >= 11 is 0. The fraction of sp³-hybridized carbons (Fsp3) is 0.235. The zero-order valence-electron chi connectivity index (χ0n) is 13.1. The number of carbonyl (C=O) groups is 1. The predicted molar refractivity (Wildman–Crippen MR) is 83.2 cm³/mol. The summed E-state index contributed by atoms with van der Waals surface area (Å²) in [5.74, 6) is 0.127. The van der Waals surface area contributed by atoms with Gasteiger partial charge in [-0.1, -0.05) is 0 Å². The summed E-state index contributed by atoms with van der Waals surface area (Å²) in [5.41, 5.74) is -0.112. The van der Waals surface area contributed by atoms with Gasteiger partial charge in [0.25, 0.3) is 0 Å². The van der Waals surface area contributed by atoms with Crippen molar-refractivity contribution in [2.45, 2.75) is 19.1 Å². The number of benzene rings is 2. The molecule has 2 aromatic rings.